The molecule has 2 N–H and O–H groups in total. The first-order valence-electron chi connectivity index (χ1n) is 6.17. The zero-order valence-corrected chi connectivity index (χ0v) is 9.39. The van der Waals surface area contributed by atoms with Gasteiger partial charge in [-0.3, -0.25) is 4.98 Å². The molecule has 0 aromatic carbocycles. The van der Waals surface area contributed by atoms with E-state index in [1.165, 1.54) is 25.7 Å². The second-order valence-electron chi connectivity index (χ2n) is 5.12. The van der Waals surface area contributed by atoms with Crippen molar-refractivity contribution in [3.05, 3.63) is 24.0 Å². The molecule has 1 aromatic heterocycles. The molecule has 3 heteroatoms. The number of nitrogens with zero attached hydrogens (tertiary/aromatic N) is 1. The third kappa shape index (κ3) is 1.69. The quantitative estimate of drug-likeness (QED) is 0.817. The van der Waals surface area contributed by atoms with Crippen molar-refractivity contribution in [2.24, 2.45) is 11.8 Å². The molecule has 2 bridgehead atoms. The van der Waals surface area contributed by atoms with Gasteiger partial charge in [0.05, 0.1) is 18.5 Å². The number of hydrogen-bond acceptors (Lipinski definition) is 3. The van der Waals surface area contributed by atoms with Crippen LogP contribution in [-0.2, 0) is 6.61 Å². The minimum atomic E-state index is 0.0890. The van der Waals surface area contributed by atoms with Crippen molar-refractivity contribution in [1.29, 1.82) is 0 Å². The smallest absolute Gasteiger partial charge is 0.0703 e. The van der Waals surface area contributed by atoms with E-state index in [9.17, 15) is 5.11 Å². The maximum Gasteiger partial charge on any atom is 0.0703 e. The van der Waals surface area contributed by atoms with Crippen molar-refractivity contribution in [1.82, 2.24) is 4.98 Å². The highest BCUT2D eigenvalue weighted by Crippen LogP contribution is 2.45. The molecule has 3 atom stereocenters. The first kappa shape index (κ1) is 10.1. The van der Waals surface area contributed by atoms with E-state index >= 15 is 0 Å². The van der Waals surface area contributed by atoms with Gasteiger partial charge in [0.1, 0.15) is 0 Å². The lowest BCUT2D eigenvalue weighted by Gasteiger charge is -2.24. The molecule has 86 valence electrons. The zero-order valence-electron chi connectivity index (χ0n) is 9.39. The predicted octanol–water partition coefficient (Wildman–Crippen LogP) is 2.17. The van der Waals surface area contributed by atoms with Crippen LogP contribution in [0.1, 0.15) is 31.2 Å². The van der Waals surface area contributed by atoms with E-state index in [1.54, 1.807) is 6.20 Å². The van der Waals surface area contributed by atoms with Gasteiger partial charge < -0.3 is 10.4 Å². The number of fused-ring (bicyclic) bond motifs is 2. The molecule has 1 heterocycles. The maximum atomic E-state index is 9.26. The fourth-order valence-corrected chi connectivity index (χ4v) is 3.31. The lowest BCUT2D eigenvalue weighted by Crippen LogP contribution is -2.26. The Balaban J connectivity index is 1.74. The van der Waals surface area contributed by atoms with Crippen LogP contribution < -0.4 is 5.32 Å². The molecule has 0 spiro atoms. The summed E-state index contributed by atoms with van der Waals surface area (Å²) in [5.74, 6) is 1.79. The second-order valence-corrected chi connectivity index (χ2v) is 5.12. The van der Waals surface area contributed by atoms with Gasteiger partial charge in [-0.05, 0) is 37.2 Å². The summed E-state index contributed by atoms with van der Waals surface area (Å²) >= 11 is 0. The molecule has 16 heavy (non-hydrogen) atoms. The molecular formula is C13H18N2O. The lowest BCUT2D eigenvalue weighted by molar-refractivity contribution is 0.282. The monoisotopic (exact) mass is 218 g/mol. The van der Waals surface area contributed by atoms with Gasteiger partial charge in [-0.25, -0.2) is 0 Å². The van der Waals surface area contributed by atoms with Crippen LogP contribution in [0, 0.1) is 11.8 Å². The molecule has 0 aliphatic heterocycles. The Morgan fingerprint density at radius 3 is 3.00 bits per heavy atom. The molecule has 2 fully saturated rings. The Hall–Kier alpha value is -1.09. The van der Waals surface area contributed by atoms with Crippen LogP contribution in [0.3, 0.4) is 0 Å². The summed E-state index contributed by atoms with van der Waals surface area (Å²) in [7, 11) is 0. The van der Waals surface area contributed by atoms with Crippen molar-refractivity contribution >= 4 is 5.69 Å². The molecule has 2 saturated carbocycles. The molecule has 2 aliphatic carbocycles. The summed E-state index contributed by atoms with van der Waals surface area (Å²) in [6.45, 7) is 0.0890. The van der Waals surface area contributed by atoms with E-state index in [0.29, 0.717) is 6.04 Å². The molecule has 3 nitrogen and oxygen atoms in total. The van der Waals surface area contributed by atoms with Crippen LogP contribution in [0.2, 0.25) is 0 Å². The molecule has 0 radical (unpaired) electrons. The first-order valence-corrected chi connectivity index (χ1v) is 6.17. The molecule has 3 unspecified atom stereocenters. The number of aliphatic hydroxyl groups excluding tert-OH is 1. The SMILES string of the molecule is OCc1ccncc1NC1CC2CCC1C2. The number of aliphatic hydroxyl groups is 1. The van der Waals surface area contributed by atoms with Gasteiger partial charge >= 0.3 is 0 Å². The number of nitrogens with one attached hydrogen (secondary N) is 1. The number of pyridine rings is 1. The van der Waals surface area contributed by atoms with Gasteiger partial charge in [-0.15, -0.1) is 0 Å². The number of hydrogen-bond donors (Lipinski definition) is 2. The van der Waals surface area contributed by atoms with Gasteiger partial charge in [-0.2, -0.15) is 0 Å². The topological polar surface area (TPSA) is 45.2 Å². The summed E-state index contributed by atoms with van der Waals surface area (Å²) < 4.78 is 0. The Bertz CT molecular complexity index is 380. The minimum absolute atomic E-state index is 0.0890. The third-order valence-corrected chi connectivity index (χ3v) is 4.16. The van der Waals surface area contributed by atoms with Crippen LogP contribution in [0.4, 0.5) is 5.69 Å². The van der Waals surface area contributed by atoms with Crippen molar-refractivity contribution in [3.8, 4) is 0 Å². The maximum absolute atomic E-state index is 9.26. The van der Waals surface area contributed by atoms with E-state index in [2.05, 4.69) is 10.3 Å². The van der Waals surface area contributed by atoms with Crippen LogP contribution in [0.25, 0.3) is 0 Å². The number of rotatable bonds is 3. The van der Waals surface area contributed by atoms with Crippen molar-refractivity contribution < 1.29 is 5.11 Å². The second kappa shape index (κ2) is 4.06. The largest absolute Gasteiger partial charge is 0.392 e. The molecular weight excluding hydrogens is 200 g/mol. The van der Waals surface area contributed by atoms with E-state index in [-0.39, 0.29) is 6.61 Å². The van der Waals surface area contributed by atoms with E-state index in [4.69, 9.17) is 0 Å². The summed E-state index contributed by atoms with van der Waals surface area (Å²) in [4.78, 5) is 4.12. The average molecular weight is 218 g/mol. The number of anilines is 1. The summed E-state index contributed by atoms with van der Waals surface area (Å²) in [6.07, 6.45) is 9.05. The summed E-state index contributed by atoms with van der Waals surface area (Å²) in [5, 5.41) is 12.8. The first-order chi connectivity index (χ1) is 7.86. The third-order valence-electron chi connectivity index (χ3n) is 4.16. The van der Waals surface area contributed by atoms with E-state index in [0.717, 1.165) is 23.1 Å². The van der Waals surface area contributed by atoms with Gasteiger partial charge in [0, 0.05) is 17.8 Å². The highest BCUT2D eigenvalue weighted by atomic mass is 16.3. The van der Waals surface area contributed by atoms with Crippen LogP contribution in [0.5, 0.6) is 0 Å². The lowest BCUT2D eigenvalue weighted by atomic mass is 9.95. The zero-order chi connectivity index (χ0) is 11.0. The van der Waals surface area contributed by atoms with E-state index in [1.807, 2.05) is 12.3 Å². The van der Waals surface area contributed by atoms with E-state index < -0.39 is 0 Å². The summed E-state index contributed by atoms with van der Waals surface area (Å²) in [6, 6.07) is 2.49. The van der Waals surface area contributed by atoms with Crippen LogP contribution in [-0.4, -0.2) is 16.1 Å². The highest BCUT2D eigenvalue weighted by Gasteiger charge is 2.39. The average Bonchev–Trinajstić information content (AvgIpc) is 2.92. The normalized spacial score (nSPS) is 31.9. The standard InChI is InChI=1S/C13H18N2O/c16-8-11-3-4-14-7-13(11)15-12-6-9-1-2-10(12)5-9/h3-4,7,9-10,12,15-16H,1-2,5-6,8H2. The minimum Gasteiger partial charge on any atom is -0.392 e. The van der Waals surface area contributed by atoms with Gasteiger partial charge in [0.25, 0.3) is 0 Å². The fraction of sp³-hybridized carbons (Fsp3) is 0.615. The van der Waals surface area contributed by atoms with Crippen molar-refractivity contribution in [3.63, 3.8) is 0 Å². The molecule has 0 saturated heterocycles. The Kier molecular flexibility index (Phi) is 2.56. The van der Waals surface area contributed by atoms with Crippen LogP contribution in [0.15, 0.2) is 18.5 Å². The molecule has 1 aromatic rings. The van der Waals surface area contributed by atoms with Crippen LogP contribution >= 0.6 is 0 Å². The highest BCUT2D eigenvalue weighted by molar-refractivity contribution is 5.49. The van der Waals surface area contributed by atoms with Crippen molar-refractivity contribution in [2.45, 2.75) is 38.3 Å². The molecule has 2 aliphatic rings. The Morgan fingerprint density at radius 2 is 2.31 bits per heavy atom. The Morgan fingerprint density at radius 1 is 1.38 bits per heavy atom. The Labute approximate surface area is 95.9 Å². The van der Waals surface area contributed by atoms with Crippen molar-refractivity contribution in [2.75, 3.05) is 5.32 Å². The molecule has 3 rings (SSSR count). The summed E-state index contributed by atoms with van der Waals surface area (Å²) in [5.41, 5.74) is 1.97. The number of aromatic nitrogens is 1. The van der Waals surface area contributed by atoms with Gasteiger partial charge in [0.2, 0.25) is 0 Å². The van der Waals surface area contributed by atoms with Gasteiger partial charge in [0.15, 0.2) is 0 Å². The fourth-order valence-electron chi connectivity index (χ4n) is 3.31. The molecule has 0 amide bonds. The van der Waals surface area contributed by atoms with Gasteiger partial charge in [-0.1, -0.05) is 6.42 Å². The predicted molar refractivity (Wildman–Crippen MR) is 63.0 cm³/mol.